The first-order valence-corrected chi connectivity index (χ1v) is 6.08. The van der Waals surface area contributed by atoms with Crippen LogP contribution in [0.1, 0.15) is 31.7 Å². The topological polar surface area (TPSA) is 46.5 Å². The van der Waals surface area contributed by atoms with Crippen molar-refractivity contribution in [1.82, 2.24) is 0 Å². The smallest absolute Gasteiger partial charge is 0.306 e. The Hall–Kier alpha value is -1.35. The Morgan fingerprint density at radius 2 is 2.06 bits per heavy atom. The minimum absolute atomic E-state index is 0.227. The number of carboxylic acids is 1. The van der Waals surface area contributed by atoms with Crippen molar-refractivity contribution in [2.45, 2.75) is 32.8 Å². The van der Waals surface area contributed by atoms with Gasteiger partial charge in [-0.1, -0.05) is 37.3 Å². The molecular weight excluding hydrogens is 216 g/mol. The minimum atomic E-state index is -0.699. The molecule has 0 saturated heterocycles. The molecular formula is C14H20O3. The summed E-state index contributed by atoms with van der Waals surface area (Å²) in [5.74, 6) is -0.925. The maximum absolute atomic E-state index is 10.8. The molecule has 0 saturated carbocycles. The molecule has 17 heavy (non-hydrogen) atoms. The van der Waals surface area contributed by atoms with Gasteiger partial charge in [-0.15, -0.1) is 0 Å². The van der Waals surface area contributed by atoms with Gasteiger partial charge in [-0.25, -0.2) is 0 Å². The molecule has 0 fully saturated rings. The molecule has 0 aliphatic carbocycles. The standard InChI is InChI=1S/C14H20O3/c1-2-13(14(15)16)9-6-10-17-11-12-7-4-3-5-8-12/h3-5,7-8,13H,2,6,9-11H2,1H3,(H,15,16). The fourth-order valence-corrected chi connectivity index (χ4v) is 1.70. The Kier molecular flexibility index (Phi) is 6.33. The van der Waals surface area contributed by atoms with E-state index in [0.29, 0.717) is 26.1 Å². The van der Waals surface area contributed by atoms with E-state index in [1.165, 1.54) is 0 Å². The molecule has 1 rings (SSSR count). The lowest BCUT2D eigenvalue weighted by atomic mass is 10.0. The Morgan fingerprint density at radius 3 is 2.65 bits per heavy atom. The lowest BCUT2D eigenvalue weighted by Crippen LogP contribution is -2.13. The van der Waals surface area contributed by atoms with E-state index in [9.17, 15) is 4.79 Å². The van der Waals surface area contributed by atoms with E-state index in [1.54, 1.807) is 0 Å². The first-order chi connectivity index (χ1) is 8.24. The molecule has 3 nitrogen and oxygen atoms in total. The second-order valence-electron chi connectivity index (χ2n) is 4.12. The summed E-state index contributed by atoms with van der Waals surface area (Å²) >= 11 is 0. The van der Waals surface area contributed by atoms with Crippen molar-refractivity contribution in [3.05, 3.63) is 35.9 Å². The number of benzene rings is 1. The summed E-state index contributed by atoms with van der Waals surface area (Å²) in [6, 6.07) is 9.98. The minimum Gasteiger partial charge on any atom is -0.481 e. The fraction of sp³-hybridized carbons (Fsp3) is 0.500. The van der Waals surface area contributed by atoms with Gasteiger partial charge in [0.15, 0.2) is 0 Å². The van der Waals surface area contributed by atoms with Crippen molar-refractivity contribution >= 4 is 5.97 Å². The van der Waals surface area contributed by atoms with Gasteiger partial charge in [-0.05, 0) is 24.8 Å². The third-order valence-corrected chi connectivity index (χ3v) is 2.79. The number of ether oxygens (including phenoxy) is 1. The SMILES string of the molecule is CCC(CCCOCc1ccccc1)C(=O)O. The quantitative estimate of drug-likeness (QED) is 0.705. The number of carboxylic acid groups (broad SMARTS) is 1. The van der Waals surface area contributed by atoms with Gasteiger partial charge in [0, 0.05) is 6.61 Å². The Morgan fingerprint density at radius 1 is 1.35 bits per heavy atom. The average Bonchev–Trinajstić information content (AvgIpc) is 2.34. The van der Waals surface area contributed by atoms with Gasteiger partial charge in [0.05, 0.1) is 12.5 Å². The number of carbonyl (C=O) groups is 1. The summed E-state index contributed by atoms with van der Waals surface area (Å²) < 4.78 is 5.50. The summed E-state index contributed by atoms with van der Waals surface area (Å²) in [5.41, 5.74) is 1.15. The first kappa shape index (κ1) is 13.7. The molecule has 0 bridgehead atoms. The first-order valence-electron chi connectivity index (χ1n) is 6.08. The lowest BCUT2D eigenvalue weighted by Gasteiger charge is -2.09. The monoisotopic (exact) mass is 236 g/mol. The van der Waals surface area contributed by atoms with Crippen LogP contribution >= 0.6 is 0 Å². The molecule has 0 aliphatic heterocycles. The van der Waals surface area contributed by atoms with Gasteiger partial charge in [0.25, 0.3) is 0 Å². The predicted octanol–water partition coefficient (Wildman–Crippen LogP) is 3.09. The van der Waals surface area contributed by atoms with E-state index in [1.807, 2.05) is 37.3 Å². The largest absolute Gasteiger partial charge is 0.481 e. The summed E-state index contributed by atoms with van der Waals surface area (Å²) in [4.78, 5) is 10.8. The van der Waals surface area contributed by atoms with E-state index in [0.717, 1.165) is 12.0 Å². The van der Waals surface area contributed by atoms with Crippen LogP contribution in [0, 0.1) is 5.92 Å². The zero-order chi connectivity index (χ0) is 12.5. The molecule has 0 amide bonds. The van der Waals surface area contributed by atoms with Crippen LogP contribution in [-0.4, -0.2) is 17.7 Å². The van der Waals surface area contributed by atoms with Crippen molar-refractivity contribution in [2.24, 2.45) is 5.92 Å². The van der Waals surface area contributed by atoms with Crippen molar-refractivity contribution in [1.29, 1.82) is 0 Å². The maximum Gasteiger partial charge on any atom is 0.306 e. The van der Waals surface area contributed by atoms with Crippen LogP contribution in [0.15, 0.2) is 30.3 Å². The number of aliphatic carboxylic acids is 1. The van der Waals surface area contributed by atoms with Crippen molar-refractivity contribution in [3.63, 3.8) is 0 Å². The number of hydrogen-bond donors (Lipinski definition) is 1. The summed E-state index contributed by atoms with van der Waals surface area (Å²) in [5, 5.41) is 8.87. The molecule has 0 aromatic heterocycles. The van der Waals surface area contributed by atoms with E-state index in [4.69, 9.17) is 9.84 Å². The lowest BCUT2D eigenvalue weighted by molar-refractivity contribution is -0.142. The molecule has 1 aromatic carbocycles. The highest BCUT2D eigenvalue weighted by atomic mass is 16.5. The third kappa shape index (κ3) is 5.50. The van der Waals surface area contributed by atoms with E-state index in [-0.39, 0.29) is 5.92 Å². The van der Waals surface area contributed by atoms with Crippen LogP contribution < -0.4 is 0 Å². The highest BCUT2D eigenvalue weighted by Crippen LogP contribution is 2.11. The summed E-state index contributed by atoms with van der Waals surface area (Å²) in [6.45, 7) is 3.13. The molecule has 1 aromatic rings. The summed E-state index contributed by atoms with van der Waals surface area (Å²) in [6.07, 6.45) is 2.19. The van der Waals surface area contributed by atoms with Crippen LogP contribution in [-0.2, 0) is 16.1 Å². The second kappa shape index (κ2) is 7.85. The highest BCUT2D eigenvalue weighted by molar-refractivity contribution is 5.69. The van der Waals surface area contributed by atoms with Crippen LogP contribution in [0.25, 0.3) is 0 Å². The van der Waals surface area contributed by atoms with E-state index in [2.05, 4.69) is 0 Å². The number of rotatable bonds is 8. The summed E-state index contributed by atoms with van der Waals surface area (Å²) in [7, 11) is 0. The molecule has 0 spiro atoms. The average molecular weight is 236 g/mol. The predicted molar refractivity (Wildman–Crippen MR) is 66.7 cm³/mol. The third-order valence-electron chi connectivity index (χ3n) is 2.79. The normalized spacial score (nSPS) is 12.3. The van der Waals surface area contributed by atoms with Gasteiger partial charge in [-0.3, -0.25) is 4.79 Å². The highest BCUT2D eigenvalue weighted by Gasteiger charge is 2.13. The fourth-order valence-electron chi connectivity index (χ4n) is 1.70. The Bertz CT molecular complexity index is 321. The molecule has 94 valence electrons. The van der Waals surface area contributed by atoms with E-state index >= 15 is 0 Å². The zero-order valence-electron chi connectivity index (χ0n) is 10.3. The zero-order valence-corrected chi connectivity index (χ0v) is 10.3. The van der Waals surface area contributed by atoms with Crippen molar-refractivity contribution < 1.29 is 14.6 Å². The number of hydrogen-bond acceptors (Lipinski definition) is 2. The van der Waals surface area contributed by atoms with Gasteiger partial charge in [0.1, 0.15) is 0 Å². The van der Waals surface area contributed by atoms with Crippen molar-refractivity contribution in [2.75, 3.05) is 6.61 Å². The van der Waals surface area contributed by atoms with Crippen molar-refractivity contribution in [3.8, 4) is 0 Å². The van der Waals surface area contributed by atoms with Gasteiger partial charge >= 0.3 is 5.97 Å². The Balaban J connectivity index is 2.10. The molecule has 1 unspecified atom stereocenters. The van der Waals surface area contributed by atoms with Gasteiger partial charge in [-0.2, -0.15) is 0 Å². The second-order valence-corrected chi connectivity index (χ2v) is 4.12. The van der Waals surface area contributed by atoms with Crippen LogP contribution in [0.5, 0.6) is 0 Å². The van der Waals surface area contributed by atoms with Crippen LogP contribution in [0.4, 0.5) is 0 Å². The maximum atomic E-state index is 10.8. The molecule has 1 N–H and O–H groups in total. The molecule has 1 atom stereocenters. The van der Waals surface area contributed by atoms with Crippen LogP contribution in [0.2, 0.25) is 0 Å². The van der Waals surface area contributed by atoms with Gasteiger partial charge in [0.2, 0.25) is 0 Å². The van der Waals surface area contributed by atoms with Crippen LogP contribution in [0.3, 0.4) is 0 Å². The molecule has 0 aliphatic rings. The molecule has 3 heteroatoms. The molecule has 0 heterocycles. The molecule has 0 radical (unpaired) electrons. The van der Waals surface area contributed by atoms with E-state index < -0.39 is 5.97 Å². The Labute approximate surface area is 102 Å². The van der Waals surface area contributed by atoms with Gasteiger partial charge < -0.3 is 9.84 Å².